The minimum atomic E-state index is -3.58. The maximum Gasteiger partial charge on any atom is 0.235 e. The van der Waals surface area contributed by atoms with Gasteiger partial charge in [-0.15, -0.1) is 0 Å². The second-order valence-electron chi connectivity index (χ2n) is 4.39. The summed E-state index contributed by atoms with van der Waals surface area (Å²) >= 11 is 5.89. The SMILES string of the molecule is CC(C)NC(=O)CNS(=O)(=O)Cc1ccccc1Cl. The van der Waals surface area contributed by atoms with Gasteiger partial charge >= 0.3 is 0 Å². The Balaban J connectivity index is 2.58. The second-order valence-corrected chi connectivity index (χ2v) is 6.61. The fourth-order valence-electron chi connectivity index (χ4n) is 1.42. The van der Waals surface area contributed by atoms with Crippen LogP contribution in [-0.2, 0) is 20.6 Å². The zero-order chi connectivity index (χ0) is 14.5. The Bertz CT molecular complexity index is 544. The van der Waals surface area contributed by atoms with E-state index in [4.69, 9.17) is 11.6 Å². The number of nitrogens with one attached hydrogen (secondary N) is 2. The fraction of sp³-hybridized carbons (Fsp3) is 0.417. The number of hydrogen-bond donors (Lipinski definition) is 2. The number of benzene rings is 1. The van der Waals surface area contributed by atoms with Crippen molar-refractivity contribution in [2.24, 2.45) is 0 Å². The normalized spacial score (nSPS) is 11.6. The van der Waals surface area contributed by atoms with Crippen LogP contribution >= 0.6 is 11.6 Å². The molecule has 0 unspecified atom stereocenters. The molecule has 1 rings (SSSR count). The lowest BCUT2D eigenvalue weighted by Crippen LogP contribution is -2.40. The Morgan fingerprint density at radius 1 is 1.32 bits per heavy atom. The van der Waals surface area contributed by atoms with E-state index in [-0.39, 0.29) is 24.2 Å². The van der Waals surface area contributed by atoms with Crippen molar-refractivity contribution in [1.29, 1.82) is 0 Å². The van der Waals surface area contributed by atoms with E-state index in [9.17, 15) is 13.2 Å². The number of carbonyl (C=O) groups excluding carboxylic acids is 1. The molecule has 5 nitrogen and oxygen atoms in total. The summed E-state index contributed by atoms with van der Waals surface area (Å²) in [6, 6.07) is 6.67. The highest BCUT2D eigenvalue weighted by atomic mass is 35.5. The monoisotopic (exact) mass is 304 g/mol. The van der Waals surface area contributed by atoms with Gasteiger partial charge in [0.1, 0.15) is 0 Å². The van der Waals surface area contributed by atoms with Crippen molar-refractivity contribution in [3.63, 3.8) is 0 Å². The molecule has 0 aliphatic carbocycles. The summed E-state index contributed by atoms with van der Waals surface area (Å²) in [5.74, 6) is -0.612. The van der Waals surface area contributed by atoms with Gasteiger partial charge in [0, 0.05) is 11.1 Å². The predicted molar refractivity (Wildman–Crippen MR) is 75.4 cm³/mol. The van der Waals surface area contributed by atoms with Crippen LogP contribution in [0.2, 0.25) is 5.02 Å². The third-order valence-corrected chi connectivity index (χ3v) is 3.85. The summed E-state index contributed by atoms with van der Waals surface area (Å²) < 4.78 is 25.8. The van der Waals surface area contributed by atoms with Crippen molar-refractivity contribution in [1.82, 2.24) is 10.0 Å². The zero-order valence-corrected chi connectivity index (χ0v) is 12.4. The van der Waals surface area contributed by atoms with Gasteiger partial charge in [0.05, 0.1) is 12.3 Å². The van der Waals surface area contributed by atoms with Crippen molar-refractivity contribution in [2.75, 3.05) is 6.54 Å². The van der Waals surface area contributed by atoms with Gasteiger partial charge < -0.3 is 5.32 Å². The third kappa shape index (κ3) is 6.04. The summed E-state index contributed by atoms with van der Waals surface area (Å²) in [6.07, 6.45) is 0. The van der Waals surface area contributed by atoms with Crippen LogP contribution in [0.3, 0.4) is 0 Å². The highest BCUT2D eigenvalue weighted by Crippen LogP contribution is 2.16. The molecule has 0 saturated heterocycles. The first-order valence-corrected chi connectivity index (χ1v) is 7.83. The van der Waals surface area contributed by atoms with Crippen LogP contribution in [0.5, 0.6) is 0 Å². The standard InChI is InChI=1S/C12H17ClN2O3S/c1-9(2)15-12(16)7-14-19(17,18)8-10-5-3-4-6-11(10)13/h3-6,9,14H,7-8H2,1-2H3,(H,15,16). The number of amides is 1. The van der Waals surface area contributed by atoms with E-state index >= 15 is 0 Å². The van der Waals surface area contributed by atoms with Crippen LogP contribution in [0, 0.1) is 0 Å². The molecular formula is C12H17ClN2O3S. The summed E-state index contributed by atoms with van der Waals surface area (Å²) in [7, 11) is -3.58. The van der Waals surface area contributed by atoms with Crippen LogP contribution in [-0.4, -0.2) is 26.9 Å². The van der Waals surface area contributed by atoms with Crippen LogP contribution in [0.4, 0.5) is 0 Å². The molecule has 1 aromatic rings. The van der Waals surface area contributed by atoms with Crippen molar-refractivity contribution >= 4 is 27.5 Å². The second kappa shape index (κ2) is 6.88. The molecule has 0 aliphatic heterocycles. The lowest BCUT2D eigenvalue weighted by Gasteiger charge is -2.10. The number of hydrogen-bond acceptors (Lipinski definition) is 3. The van der Waals surface area contributed by atoms with Gasteiger partial charge in [-0.25, -0.2) is 13.1 Å². The molecule has 0 saturated carbocycles. The quantitative estimate of drug-likeness (QED) is 0.831. The Morgan fingerprint density at radius 3 is 2.53 bits per heavy atom. The molecule has 0 atom stereocenters. The molecule has 0 fully saturated rings. The van der Waals surface area contributed by atoms with E-state index in [1.165, 1.54) is 0 Å². The lowest BCUT2D eigenvalue weighted by atomic mass is 10.2. The highest BCUT2D eigenvalue weighted by Gasteiger charge is 2.15. The van der Waals surface area contributed by atoms with Gasteiger partial charge in [-0.3, -0.25) is 4.79 Å². The Hall–Kier alpha value is -1.11. The summed E-state index contributed by atoms with van der Waals surface area (Å²) in [4.78, 5) is 11.4. The van der Waals surface area contributed by atoms with E-state index in [2.05, 4.69) is 10.0 Å². The molecule has 0 spiro atoms. The molecule has 1 amide bonds. The topological polar surface area (TPSA) is 75.3 Å². The van der Waals surface area contributed by atoms with E-state index in [0.29, 0.717) is 10.6 Å². The van der Waals surface area contributed by atoms with Crippen molar-refractivity contribution in [3.8, 4) is 0 Å². The maximum absolute atomic E-state index is 11.8. The maximum atomic E-state index is 11.8. The van der Waals surface area contributed by atoms with Crippen molar-refractivity contribution in [2.45, 2.75) is 25.6 Å². The van der Waals surface area contributed by atoms with Crippen LogP contribution < -0.4 is 10.0 Å². The number of halogens is 1. The Morgan fingerprint density at radius 2 is 1.95 bits per heavy atom. The van der Waals surface area contributed by atoms with E-state index in [1.54, 1.807) is 38.1 Å². The van der Waals surface area contributed by atoms with Crippen LogP contribution in [0.25, 0.3) is 0 Å². The zero-order valence-electron chi connectivity index (χ0n) is 10.8. The smallest absolute Gasteiger partial charge is 0.235 e. The van der Waals surface area contributed by atoms with Crippen molar-refractivity contribution in [3.05, 3.63) is 34.9 Å². The van der Waals surface area contributed by atoms with Crippen molar-refractivity contribution < 1.29 is 13.2 Å². The van der Waals surface area contributed by atoms with Gasteiger partial charge in [0.25, 0.3) is 0 Å². The van der Waals surface area contributed by atoms with Crippen LogP contribution in [0.1, 0.15) is 19.4 Å². The summed E-state index contributed by atoms with van der Waals surface area (Å²) in [5, 5.41) is 2.99. The molecule has 0 bridgehead atoms. The molecule has 7 heteroatoms. The molecule has 19 heavy (non-hydrogen) atoms. The fourth-order valence-corrected chi connectivity index (χ4v) is 2.82. The molecule has 0 heterocycles. The molecule has 106 valence electrons. The van der Waals surface area contributed by atoms with Gasteiger partial charge in [0.2, 0.25) is 15.9 Å². The van der Waals surface area contributed by atoms with Gasteiger partial charge in [-0.05, 0) is 25.5 Å². The molecule has 0 aromatic heterocycles. The number of carbonyl (C=O) groups is 1. The van der Waals surface area contributed by atoms with Gasteiger partial charge in [-0.1, -0.05) is 29.8 Å². The first-order chi connectivity index (χ1) is 8.80. The molecular weight excluding hydrogens is 288 g/mol. The lowest BCUT2D eigenvalue weighted by molar-refractivity contribution is -0.120. The number of sulfonamides is 1. The average molecular weight is 305 g/mol. The average Bonchev–Trinajstić information content (AvgIpc) is 2.29. The van der Waals surface area contributed by atoms with E-state index in [0.717, 1.165) is 0 Å². The highest BCUT2D eigenvalue weighted by molar-refractivity contribution is 7.88. The molecule has 2 N–H and O–H groups in total. The van der Waals surface area contributed by atoms with E-state index < -0.39 is 10.0 Å². The minimum Gasteiger partial charge on any atom is -0.353 e. The first kappa shape index (κ1) is 15.9. The minimum absolute atomic E-state index is 0.0272. The predicted octanol–water partition coefficient (Wildman–Crippen LogP) is 1.28. The van der Waals surface area contributed by atoms with E-state index in [1.807, 2.05) is 0 Å². The number of rotatable bonds is 6. The largest absolute Gasteiger partial charge is 0.353 e. The van der Waals surface area contributed by atoms with Gasteiger partial charge in [0.15, 0.2) is 0 Å². The molecule has 0 aliphatic rings. The summed E-state index contributed by atoms with van der Waals surface area (Å²) in [6.45, 7) is 3.33. The van der Waals surface area contributed by atoms with Crippen LogP contribution in [0.15, 0.2) is 24.3 Å². The Kier molecular flexibility index (Phi) is 5.78. The first-order valence-electron chi connectivity index (χ1n) is 5.80. The molecule has 0 radical (unpaired) electrons. The Labute approximate surface area is 118 Å². The third-order valence-electron chi connectivity index (χ3n) is 2.21. The summed E-state index contributed by atoms with van der Waals surface area (Å²) in [5.41, 5.74) is 0.501. The van der Waals surface area contributed by atoms with Gasteiger partial charge in [-0.2, -0.15) is 0 Å². The molecule has 1 aromatic carbocycles.